The normalized spacial score (nSPS) is 15.7. The molecule has 1 fully saturated rings. The van der Waals surface area contributed by atoms with Crippen LogP contribution in [0, 0.1) is 5.82 Å². The molecule has 2 aliphatic rings. The zero-order valence-corrected chi connectivity index (χ0v) is 26.8. The van der Waals surface area contributed by atoms with E-state index in [0.29, 0.717) is 12.4 Å². The maximum atomic E-state index is 14.1. The Kier molecular flexibility index (Phi) is 10.1. The van der Waals surface area contributed by atoms with E-state index in [-0.39, 0.29) is 41.4 Å². The average Bonchev–Trinajstić information content (AvgIpc) is 3.02. The molecular weight excluding hydrogens is 653 g/mol. The van der Waals surface area contributed by atoms with E-state index < -0.39 is 34.3 Å². The Labute approximate surface area is 265 Å². The largest absolute Gasteiger partial charge is 0.486 e. The number of hydrogen-bond donors (Lipinski definition) is 1. The van der Waals surface area contributed by atoms with Crippen molar-refractivity contribution in [3.63, 3.8) is 0 Å². The molecular formula is C32H35BrFN3O6S. The molecule has 234 valence electrons. The molecule has 0 unspecified atom stereocenters. The van der Waals surface area contributed by atoms with Gasteiger partial charge in [-0.1, -0.05) is 47.3 Å². The fraction of sp³-hybridized carbons (Fsp3) is 0.375. The van der Waals surface area contributed by atoms with E-state index in [9.17, 15) is 22.4 Å². The number of benzene rings is 3. The van der Waals surface area contributed by atoms with Gasteiger partial charge in [-0.05, 0) is 73.9 Å². The molecule has 1 saturated carbocycles. The molecule has 9 nitrogen and oxygen atoms in total. The SMILES string of the molecule is C[C@H](C(=O)NC1CCCCC1)N(Cc1cccc(Br)c1)C(=O)CN(c1ccc(F)cc1)S(=O)(=O)c1ccc2c(c1)OCCO2. The lowest BCUT2D eigenvalue weighted by Crippen LogP contribution is -2.53. The van der Waals surface area contributed by atoms with Gasteiger partial charge in [-0.3, -0.25) is 13.9 Å². The van der Waals surface area contributed by atoms with Crippen LogP contribution in [-0.2, 0) is 26.2 Å². The van der Waals surface area contributed by atoms with Crippen LogP contribution in [0.4, 0.5) is 10.1 Å². The molecule has 0 saturated heterocycles. The number of carbonyl (C=O) groups excluding carboxylic acids is 2. The molecule has 0 spiro atoms. The number of nitrogens with zero attached hydrogens (tertiary/aromatic N) is 2. The van der Waals surface area contributed by atoms with Crippen LogP contribution in [0.5, 0.6) is 11.5 Å². The summed E-state index contributed by atoms with van der Waals surface area (Å²) in [4.78, 5) is 28.9. The Balaban J connectivity index is 1.47. The van der Waals surface area contributed by atoms with Gasteiger partial charge < -0.3 is 19.7 Å². The van der Waals surface area contributed by atoms with Crippen LogP contribution in [-0.4, -0.2) is 57.0 Å². The molecule has 5 rings (SSSR count). The third-order valence-corrected chi connectivity index (χ3v) is 10.1. The Hall–Kier alpha value is -3.64. The summed E-state index contributed by atoms with van der Waals surface area (Å²) in [7, 11) is -4.36. The molecule has 1 heterocycles. The van der Waals surface area contributed by atoms with Crippen molar-refractivity contribution in [2.24, 2.45) is 0 Å². The van der Waals surface area contributed by atoms with Crippen LogP contribution in [0.2, 0.25) is 0 Å². The molecule has 3 aromatic rings. The minimum absolute atomic E-state index is 0.0350. The fourth-order valence-corrected chi connectivity index (χ4v) is 7.31. The summed E-state index contributed by atoms with van der Waals surface area (Å²) >= 11 is 3.46. The van der Waals surface area contributed by atoms with Gasteiger partial charge in [-0.15, -0.1) is 0 Å². The van der Waals surface area contributed by atoms with Crippen LogP contribution >= 0.6 is 15.9 Å². The third kappa shape index (κ3) is 7.52. The van der Waals surface area contributed by atoms with E-state index in [1.54, 1.807) is 6.92 Å². The number of amides is 2. The highest BCUT2D eigenvalue weighted by Gasteiger charge is 2.34. The van der Waals surface area contributed by atoms with Crippen molar-refractivity contribution >= 4 is 43.5 Å². The number of carbonyl (C=O) groups is 2. The van der Waals surface area contributed by atoms with Crippen LogP contribution in [0.15, 0.2) is 76.1 Å². The minimum Gasteiger partial charge on any atom is -0.486 e. The fourth-order valence-electron chi connectivity index (χ4n) is 5.43. The van der Waals surface area contributed by atoms with E-state index in [1.807, 2.05) is 24.3 Å². The molecule has 12 heteroatoms. The van der Waals surface area contributed by atoms with Gasteiger partial charge in [0.1, 0.15) is 31.6 Å². The van der Waals surface area contributed by atoms with Crippen molar-refractivity contribution in [3.05, 3.63) is 82.6 Å². The summed E-state index contributed by atoms with van der Waals surface area (Å²) in [6.45, 7) is 1.69. The van der Waals surface area contributed by atoms with Gasteiger partial charge >= 0.3 is 0 Å². The third-order valence-electron chi connectivity index (χ3n) is 7.86. The highest BCUT2D eigenvalue weighted by molar-refractivity contribution is 9.10. The van der Waals surface area contributed by atoms with Crippen molar-refractivity contribution in [3.8, 4) is 11.5 Å². The molecule has 1 N–H and O–H groups in total. The maximum absolute atomic E-state index is 14.1. The molecule has 0 bridgehead atoms. The second kappa shape index (κ2) is 14.0. The number of fused-ring (bicyclic) bond motifs is 1. The van der Waals surface area contributed by atoms with Gasteiger partial charge in [0.2, 0.25) is 11.8 Å². The van der Waals surface area contributed by atoms with Crippen molar-refractivity contribution in [1.29, 1.82) is 0 Å². The number of halogens is 2. The standard InChI is InChI=1S/C32H35BrFN3O6S/c1-22(32(39)35-26-8-3-2-4-9-26)36(20-23-6-5-7-24(33)18-23)31(38)21-37(27-12-10-25(34)11-13-27)44(40,41)28-14-15-29-30(19-28)43-17-16-42-29/h5-7,10-15,18-19,22,26H,2-4,8-9,16-17,20-21H2,1H3,(H,35,39)/t22-/m1/s1. The zero-order valence-electron chi connectivity index (χ0n) is 24.4. The number of sulfonamides is 1. The summed E-state index contributed by atoms with van der Waals surface area (Å²) in [5.41, 5.74) is 0.851. The van der Waals surface area contributed by atoms with Crippen molar-refractivity contribution in [2.45, 2.75) is 62.6 Å². The second-order valence-electron chi connectivity index (χ2n) is 11.0. The van der Waals surface area contributed by atoms with Crippen LogP contribution in [0.1, 0.15) is 44.6 Å². The zero-order chi connectivity index (χ0) is 31.3. The van der Waals surface area contributed by atoms with Gasteiger partial charge in [-0.25, -0.2) is 12.8 Å². The monoisotopic (exact) mass is 687 g/mol. The van der Waals surface area contributed by atoms with E-state index in [1.165, 1.54) is 35.2 Å². The lowest BCUT2D eigenvalue weighted by molar-refractivity contribution is -0.139. The van der Waals surface area contributed by atoms with Crippen molar-refractivity contribution in [1.82, 2.24) is 10.2 Å². The first kappa shape index (κ1) is 31.8. The Morgan fingerprint density at radius 2 is 1.68 bits per heavy atom. The first-order valence-electron chi connectivity index (χ1n) is 14.6. The van der Waals surface area contributed by atoms with Gasteiger partial charge in [0.25, 0.3) is 10.0 Å². The summed E-state index contributed by atoms with van der Waals surface area (Å²) < 4.78 is 55.0. The number of rotatable bonds is 10. The summed E-state index contributed by atoms with van der Waals surface area (Å²) in [6.07, 6.45) is 4.95. The molecule has 2 amide bonds. The predicted molar refractivity (Wildman–Crippen MR) is 168 cm³/mol. The molecule has 1 atom stereocenters. The number of hydrogen-bond acceptors (Lipinski definition) is 6. The predicted octanol–water partition coefficient (Wildman–Crippen LogP) is 5.42. The quantitative estimate of drug-likeness (QED) is 0.305. The highest BCUT2D eigenvalue weighted by atomic mass is 79.9. The summed E-state index contributed by atoms with van der Waals surface area (Å²) in [5, 5.41) is 3.09. The summed E-state index contributed by atoms with van der Waals surface area (Å²) in [6, 6.07) is 15.6. The molecule has 0 aromatic heterocycles. The first-order valence-corrected chi connectivity index (χ1v) is 16.9. The van der Waals surface area contributed by atoms with Crippen molar-refractivity contribution < 1.29 is 31.9 Å². The van der Waals surface area contributed by atoms with Crippen LogP contribution in [0.25, 0.3) is 0 Å². The second-order valence-corrected chi connectivity index (χ2v) is 13.7. The van der Waals surface area contributed by atoms with E-state index in [2.05, 4.69) is 21.2 Å². The number of nitrogens with one attached hydrogen (secondary N) is 1. The van der Waals surface area contributed by atoms with Gasteiger partial charge in [0, 0.05) is 23.1 Å². The maximum Gasteiger partial charge on any atom is 0.264 e. The van der Waals surface area contributed by atoms with Gasteiger partial charge in [0.05, 0.1) is 10.6 Å². The van der Waals surface area contributed by atoms with Crippen molar-refractivity contribution in [2.75, 3.05) is 24.1 Å². The van der Waals surface area contributed by atoms with Crippen LogP contribution in [0.3, 0.4) is 0 Å². The average molecular weight is 689 g/mol. The Morgan fingerprint density at radius 1 is 0.977 bits per heavy atom. The minimum atomic E-state index is -4.36. The summed E-state index contributed by atoms with van der Waals surface area (Å²) in [5.74, 6) is -0.768. The van der Waals surface area contributed by atoms with E-state index >= 15 is 0 Å². The number of anilines is 1. The van der Waals surface area contributed by atoms with Gasteiger partial charge in [0.15, 0.2) is 11.5 Å². The van der Waals surface area contributed by atoms with E-state index in [4.69, 9.17) is 9.47 Å². The van der Waals surface area contributed by atoms with Gasteiger partial charge in [-0.2, -0.15) is 0 Å². The Morgan fingerprint density at radius 3 is 2.39 bits per heavy atom. The Bertz CT molecular complexity index is 1600. The topological polar surface area (TPSA) is 105 Å². The number of ether oxygens (including phenoxy) is 2. The molecule has 0 radical (unpaired) electrons. The van der Waals surface area contributed by atoms with Crippen LogP contribution < -0.4 is 19.1 Å². The molecule has 44 heavy (non-hydrogen) atoms. The molecule has 1 aliphatic carbocycles. The first-order chi connectivity index (χ1) is 21.1. The molecule has 1 aliphatic heterocycles. The lowest BCUT2D eigenvalue weighted by Gasteiger charge is -2.33. The smallest absolute Gasteiger partial charge is 0.264 e. The highest BCUT2D eigenvalue weighted by Crippen LogP contribution is 2.34. The lowest BCUT2D eigenvalue weighted by atomic mass is 9.95. The van der Waals surface area contributed by atoms with E-state index in [0.717, 1.165) is 58.6 Å². The molecule has 3 aromatic carbocycles.